The molecule has 0 aromatic heterocycles. The summed E-state index contributed by atoms with van der Waals surface area (Å²) in [6.45, 7) is 1.83. The summed E-state index contributed by atoms with van der Waals surface area (Å²) in [5, 5.41) is 11.4. The molecule has 0 aliphatic heterocycles. The van der Waals surface area contributed by atoms with Crippen molar-refractivity contribution in [2.45, 2.75) is 43.5 Å². The Balaban J connectivity index is 2.13. The van der Waals surface area contributed by atoms with Crippen LogP contribution in [0.4, 0.5) is 0 Å². The van der Waals surface area contributed by atoms with E-state index < -0.39 is 5.97 Å². The maximum absolute atomic E-state index is 11.7. The lowest BCUT2D eigenvalue weighted by molar-refractivity contribution is -0.137. The van der Waals surface area contributed by atoms with E-state index in [1.54, 1.807) is 11.8 Å². The van der Waals surface area contributed by atoms with Crippen LogP contribution in [-0.4, -0.2) is 28.8 Å². The van der Waals surface area contributed by atoms with Crippen molar-refractivity contribution in [2.75, 3.05) is 5.75 Å². The van der Waals surface area contributed by atoms with Gasteiger partial charge in [-0.05, 0) is 49.8 Å². The average Bonchev–Trinajstić information content (AvgIpc) is 2.43. The first-order valence-electron chi connectivity index (χ1n) is 6.87. The van der Waals surface area contributed by atoms with Crippen molar-refractivity contribution in [1.29, 1.82) is 0 Å². The lowest BCUT2D eigenvalue weighted by Gasteiger charge is -2.12. The summed E-state index contributed by atoms with van der Waals surface area (Å²) in [6.07, 6.45) is 1.83. The second kappa shape index (κ2) is 9.84. The van der Waals surface area contributed by atoms with Gasteiger partial charge in [-0.15, -0.1) is 11.8 Å². The fraction of sp³-hybridized carbons (Fsp3) is 0.467. The maximum atomic E-state index is 11.7. The number of thioether (sulfide) groups is 1. The van der Waals surface area contributed by atoms with Crippen LogP contribution in [0.5, 0.6) is 0 Å². The fourth-order valence-corrected chi connectivity index (χ4v) is 2.83. The van der Waals surface area contributed by atoms with E-state index in [4.69, 9.17) is 5.11 Å². The molecule has 0 aliphatic carbocycles. The summed E-state index contributed by atoms with van der Waals surface area (Å²) in [5.74, 6) is 0.0461. The molecule has 2 N–H and O–H groups in total. The van der Waals surface area contributed by atoms with Gasteiger partial charge in [0.15, 0.2) is 0 Å². The number of carboxylic acids is 1. The topological polar surface area (TPSA) is 66.4 Å². The third kappa shape index (κ3) is 8.78. The second-order valence-corrected chi connectivity index (χ2v) is 6.89. The number of hydrogen-bond acceptors (Lipinski definition) is 3. The molecule has 1 amide bonds. The molecule has 6 heteroatoms. The number of benzene rings is 1. The van der Waals surface area contributed by atoms with Crippen molar-refractivity contribution in [3.63, 3.8) is 0 Å². The van der Waals surface area contributed by atoms with Gasteiger partial charge in [0.25, 0.3) is 0 Å². The number of hydrogen-bond donors (Lipinski definition) is 2. The SMILES string of the molecule is CC(CCC(=O)O)NC(=O)CCCSc1ccc(Br)cc1. The molecule has 0 saturated carbocycles. The molecule has 0 spiro atoms. The van der Waals surface area contributed by atoms with Crippen molar-refractivity contribution < 1.29 is 14.7 Å². The highest BCUT2D eigenvalue weighted by Gasteiger charge is 2.09. The molecular weight excluding hydrogens is 354 g/mol. The molecule has 0 bridgehead atoms. The Morgan fingerprint density at radius 3 is 2.57 bits per heavy atom. The van der Waals surface area contributed by atoms with E-state index in [1.165, 1.54) is 4.90 Å². The van der Waals surface area contributed by atoms with Crippen LogP contribution in [0.25, 0.3) is 0 Å². The van der Waals surface area contributed by atoms with E-state index in [-0.39, 0.29) is 18.4 Å². The number of nitrogens with one attached hydrogen (secondary N) is 1. The predicted molar refractivity (Wildman–Crippen MR) is 88.6 cm³/mol. The van der Waals surface area contributed by atoms with E-state index >= 15 is 0 Å². The van der Waals surface area contributed by atoms with Crippen LogP contribution in [0.3, 0.4) is 0 Å². The number of carbonyl (C=O) groups is 2. The summed E-state index contributed by atoms with van der Waals surface area (Å²) >= 11 is 5.12. The monoisotopic (exact) mass is 373 g/mol. The first kappa shape index (κ1) is 18.0. The van der Waals surface area contributed by atoms with Gasteiger partial charge in [0.05, 0.1) is 0 Å². The quantitative estimate of drug-likeness (QED) is 0.511. The summed E-state index contributed by atoms with van der Waals surface area (Å²) in [7, 11) is 0. The first-order valence-corrected chi connectivity index (χ1v) is 8.64. The van der Waals surface area contributed by atoms with Gasteiger partial charge in [0.1, 0.15) is 0 Å². The standard InChI is InChI=1S/C15H20BrNO3S/c1-11(4-9-15(19)20)17-14(18)3-2-10-21-13-7-5-12(16)6-8-13/h5-8,11H,2-4,9-10H2,1H3,(H,17,18)(H,19,20). The van der Waals surface area contributed by atoms with Crippen molar-refractivity contribution >= 4 is 39.6 Å². The third-order valence-electron chi connectivity index (χ3n) is 2.83. The van der Waals surface area contributed by atoms with Crippen LogP contribution in [0, 0.1) is 0 Å². The van der Waals surface area contributed by atoms with Gasteiger partial charge < -0.3 is 10.4 Å². The van der Waals surface area contributed by atoms with Crippen LogP contribution >= 0.6 is 27.7 Å². The Kier molecular flexibility index (Phi) is 8.45. The van der Waals surface area contributed by atoms with E-state index in [1.807, 2.05) is 31.2 Å². The lowest BCUT2D eigenvalue weighted by atomic mass is 10.2. The Hall–Kier alpha value is -1.01. The Labute approximate surface area is 137 Å². The molecule has 1 aromatic rings. The second-order valence-electron chi connectivity index (χ2n) is 4.81. The zero-order valence-corrected chi connectivity index (χ0v) is 14.4. The summed E-state index contributed by atoms with van der Waals surface area (Å²) < 4.78 is 1.06. The molecule has 0 aliphatic rings. The molecule has 0 radical (unpaired) electrons. The lowest BCUT2D eigenvalue weighted by Crippen LogP contribution is -2.32. The van der Waals surface area contributed by atoms with E-state index in [0.717, 1.165) is 16.6 Å². The Bertz CT molecular complexity index is 464. The van der Waals surface area contributed by atoms with Gasteiger partial charge in [-0.2, -0.15) is 0 Å². The zero-order valence-electron chi connectivity index (χ0n) is 12.0. The molecule has 116 valence electrons. The Morgan fingerprint density at radius 2 is 1.95 bits per heavy atom. The van der Waals surface area contributed by atoms with Crippen LogP contribution in [-0.2, 0) is 9.59 Å². The number of carbonyl (C=O) groups excluding carboxylic acids is 1. The van der Waals surface area contributed by atoms with Crippen LogP contribution in [0.15, 0.2) is 33.6 Å². The maximum Gasteiger partial charge on any atom is 0.303 e. The molecule has 21 heavy (non-hydrogen) atoms. The average molecular weight is 374 g/mol. The van der Waals surface area contributed by atoms with Gasteiger partial charge in [-0.1, -0.05) is 15.9 Å². The van der Waals surface area contributed by atoms with Crippen molar-refractivity contribution in [3.05, 3.63) is 28.7 Å². The van der Waals surface area contributed by atoms with Crippen molar-refractivity contribution in [3.8, 4) is 0 Å². The summed E-state index contributed by atoms with van der Waals surface area (Å²) in [5.41, 5.74) is 0. The highest BCUT2D eigenvalue weighted by atomic mass is 79.9. The van der Waals surface area contributed by atoms with Gasteiger partial charge in [-0.3, -0.25) is 9.59 Å². The Morgan fingerprint density at radius 1 is 1.29 bits per heavy atom. The van der Waals surface area contributed by atoms with Crippen LogP contribution in [0.1, 0.15) is 32.6 Å². The fourth-order valence-electron chi connectivity index (χ4n) is 1.71. The van der Waals surface area contributed by atoms with Gasteiger partial charge in [0, 0.05) is 28.3 Å². The minimum Gasteiger partial charge on any atom is -0.481 e. The molecule has 1 rings (SSSR count). The van der Waals surface area contributed by atoms with Crippen LogP contribution < -0.4 is 5.32 Å². The van der Waals surface area contributed by atoms with Crippen molar-refractivity contribution in [1.82, 2.24) is 5.32 Å². The molecule has 0 saturated heterocycles. The number of aliphatic carboxylic acids is 1. The third-order valence-corrected chi connectivity index (χ3v) is 4.46. The van der Waals surface area contributed by atoms with Crippen molar-refractivity contribution in [2.24, 2.45) is 0 Å². The van der Waals surface area contributed by atoms with E-state index in [0.29, 0.717) is 12.8 Å². The molecule has 1 atom stereocenters. The number of halogens is 1. The number of carboxylic acid groups (broad SMARTS) is 1. The smallest absolute Gasteiger partial charge is 0.303 e. The predicted octanol–water partition coefficient (Wildman–Crippen LogP) is 3.69. The molecule has 0 fully saturated rings. The summed E-state index contributed by atoms with van der Waals surface area (Å²) in [4.78, 5) is 23.3. The highest BCUT2D eigenvalue weighted by molar-refractivity contribution is 9.10. The summed E-state index contributed by atoms with van der Waals surface area (Å²) in [6, 6.07) is 8.00. The zero-order chi connectivity index (χ0) is 15.7. The minimum absolute atomic E-state index is 0.00991. The van der Waals surface area contributed by atoms with E-state index in [2.05, 4.69) is 21.2 Å². The van der Waals surface area contributed by atoms with Gasteiger partial charge in [0.2, 0.25) is 5.91 Å². The molecule has 4 nitrogen and oxygen atoms in total. The number of amides is 1. The van der Waals surface area contributed by atoms with E-state index in [9.17, 15) is 9.59 Å². The highest BCUT2D eigenvalue weighted by Crippen LogP contribution is 2.21. The molecular formula is C15H20BrNO3S. The molecule has 1 unspecified atom stereocenters. The minimum atomic E-state index is -0.831. The normalized spacial score (nSPS) is 11.9. The molecule has 1 aromatic carbocycles. The molecule has 0 heterocycles. The first-order chi connectivity index (χ1) is 9.97. The van der Waals surface area contributed by atoms with Gasteiger partial charge in [-0.25, -0.2) is 0 Å². The number of rotatable bonds is 9. The van der Waals surface area contributed by atoms with Gasteiger partial charge >= 0.3 is 5.97 Å². The van der Waals surface area contributed by atoms with Crippen LogP contribution in [0.2, 0.25) is 0 Å². The largest absolute Gasteiger partial charge is 0.481 e.